The first-order chi connectivity index (χ1) is 17.6. The molecule has 37 heavy (non-hydrogen) atoms. The van der Waals surface area contributed by atoms with Crippen LogP contribution in [0.25, 0.3) is 0 Å². The number of benzene rings is 2. The maximum absolute atomic E-state index is 13.1. The van der Waals surface area contributed by atoms with Gasteiger partial charge in [-0.3, -0.25) is 4.79 Å². The van der Waals surface area contributed by atoms with E-state index in [2.05, 4.69) is 20.3 Å². The highest BCUT2D eigenvalue weighted by Gasteiger charge is 2.30. The molecule has 4 aromatic rings. The highest BCUT2D eigenvalue weighted by atomic mass is 32.2. The van der Waals surface area contributed by atoms with Gasteiger partial charge in [-0.2, -0.15) is 13.2 Å². The molecule has 0 atom stereocenters. The molecule has 0 spiro atoms. The van der Waals surface area contributed by atoms with Gasteiger partial charge in [0.2, 0.25) is 20.9 Å². The number of nitrogens with zero attached hydrogens (tertiary/aromatic N) is 3. The molecule has 1 aliphatic heterocycles. The van der Waals surface area contributed by atoms with E-state index in [0.29, 0.717) is 18.7 Å². The Hall–Kier alpha value is -4.13. The van der Waals surface area contributed by atoms with Crippen molar-refractivity contribution < 1.29 is 30.8 Å². The summed E-state index contributed by atoms with van der Waals surface area (Å²) in [5, 5.41) is 2.80. The van der Waals surface area contributed by atoms with Crippen LogP contribution in [0.3, 0.4) is 0 Å². The van der Waals surface area contributed by atoms with Crippen LogP contribution in [0.15, 0.2) is 70.7 Å². The van der Waals surface area contributed by atoms with Gasteiger partial charge >= 0.3 is 6.18 Å². The van der Waals surface area contributed by atoms with E-state index in [0.717, 1.165) is 28.9 Å². The fourth-order valence-corrected chi connectivity index (χ4v) is 5.17. The van der Waals surface area contributed by atoms with Gasteiger partial charge in [0.05, 0.1) is 11.8 Å². The zero-order valence-electron chi connectivity index (χ0n) is 19.1. The lowest BCUT2D eigenvalue weighted by atomic mass is 9.97. The summed E-state index contributed by atoms with van der Waals surface area (Å²) in [6.45, 7) is 0.616. The molecule has 2 aromatic heterocycles. The molecule has 0 aliphatic carbocycles. The van der Waals surface area contributed by atoms with E-state index in [9.17, 15) is 26.4 Å². The number of nitrogens with one attached hydrogen (secondary N) is 2. The number of sulfone groups is 1. The van der Waals surface area contributed by atoms with Crippen LogP contribution in [0, 0.1) is 0 Å². The minimum absolute atomic E-state index is 0.0117. The lowest BCUT2D eigenvalue weighted by molar-refractivity contribution is -0.137. The van der Waals surface area contributed by atoms with E-state index < -0.39 is 33.2 Å². The number of oxazole rings is 1. The average Bonchev–Trinajstić information content (AvgIpc) is 3.56. The molecule has 192 valence electrons. The number of amides is 1. The van der Waals surface area contributed by atoms with E-state index in [-0.39, 0.29) is 23.3 Å². The zero-order valence-corrected chi connectivity index (χ0v) is 19.9. The predicted octanol–water partition coefficient (Wildman–Crippen LogP) is 4.33. The van der Waals surface area contributed by atoms with Gasteiger partial charge < -0.3 is 19.6 Å². The molecule has 0 bridgehead atoms. The summed E-state index contributed by atoms with van der Waals surface area (Å²) in [5.74, 6) is -0.911. The number of aromatic amines is 1. The number of hydrogen-bond donors (Lipinski definition) is 2. The lowest BCUT2D eigenvalue weighted by Gasteiger charge is -2.30. The number of fused-ring (bicyclic) bond motifs is 1. The molecule has 2 aromatic carbocycles. The number of carbonyl (C=O) groups excluding carboxylic acids is 1. The maximum Gasteiger partial charge on any atom is 0.416 e. The largest absolute Gasteiger partial charge is 0.448 e. The van der Waals surface area contributed by atoms with Crippen molar-refractivity contribution in [1.82, 2.24) is 19.9 Å². The highest BCUT2D eigenvalue weighted by molar-refractivity contribution is 7.90. The number of alkyl halides is 3. The number of hydrogen-bond acceptors (Lipinski definition) is 7. The van der Waals surface area contributed by atoms with E-state index in [1.807, 2.05) is 12.1 Å². The molecule has 3 heterocycles. The van der Waals surface area contributed by atoms with Crippen LogP contribution in [0.1, 0.15) is 33.1 Å². The summed E-state index contributed by atoms with van der Waals surface area (Å²) >= 11 is 0. The van der Waals surface area contributed by atoms with Crippen molar-refractivity contribution in [2.75, 3.05) is 11.9 Å². The lowest BCUT2D eigenvalue weighted by Crippen LogP contribution is -2.36. The van der Waals surface area contributed by atoms with Crippen molar-refractivity contribution in [3.8, 4) is 0 Å². The number of rotatable bonds is 6. The summed E-state index contributed by atoms with van der Waals surface area (Å²) in [6.07, 6.45) is -0.0644. The van der Waals surface area contributed by atoms with Gasteiger partial charge in [-0.05, 0) is 47.9 Å². The molecule has 9 nitrogen and oxygen atoms in total. The van der Waals surface area contributed by atoms with Crippen LogP contribution < -0.4 is 5.32 Å². The summed E-state index contributed by atoms with van der Waals surface area (Å²) in [7, 11) is -3.89. The molecule has 1 amide bonds. The van der Waals surface area contributed by atoms with E-state index in [4.69, 9.17) is 4.42 Å². The molecule has 0 unspecified atom stereocenters. The summed E-state index contributed by atoms with van der Waals surface area (Å²) in [4.78, 5) is 25.0. The third kappa shape index (κ3) is 5.21. The fourth-order valence-electron chi connectivity index (χ4n) is 4.09. The van der Waals surface area contributed by atoms with Crippen LogP contribution in [-0.2, 0) is 34.7 Å². The number of anilines is 2. The van der Waals surface area contributed by atoms with Crippen molar-refractivity contribution in [2.45, 2.75) is 30.1 Å². The smallest absolute Gasteiger partial charge is 0.416 e. The first-order valence-corrected chi connectivity index (χ1v) is 12.8. The summed E-state index contributed by atoms with van der Waals surface area (Å²) < 4.78 is 68.6. The molecule has 0 saturated heterocycles. The molecular formula is C24H20F3N5O4S. The van der Waals surface area contributed by atoms with Crippen LogP contribution in [0.2, 0.25) is 0 Å². The third-order valence-corrected chi connectivity index (χ3v) is 7.33. The Labute approximate surface area is 209 Å². The SMILES string of the molecule is O=C(c1c[nH]c(S(=O)(=O)Cc2ncco2)n1)N1CCc2c(cccc2Nc2ccc(C(F)(F)F)cc2)C1. The average molecular weight is 532 g/mol. The molecule has 1 aliphatic rings. The normalized spacial score (nSPS) is 13.9. The number of carbonyl (C=O) groups is 1. The minimum atomic E-state index is -4.41. The quantitative estimate of drug-likeness (QED) is 0.380. The van der Waals surface area contributed by atoms with Crippen molar-refractivity contribution in [3.63, 3.8) is 0 Å². The second-order valence-electron chi connectivity index (χ2n) is 8.40. The zero-order chi connectivity index (χ0) is 26.2. The standard InChI is InChI=1S/C24H20F3N5O4S/c25-24(26,27)16-4-6-17(7-5-16)30-19-3-1-2-15-13-32(10-8-18(15)19)22(33)20-12-29-23(31-20)37(34,35)14-21-28-9-11-36-21/h1-7,9,11-12,30H,8,10,13-14H2,(H,29,31). The number of H-pyrrole nitrogens is 1. The maximum atomic E-state index is 13.1. The summed E-state index contributed by atoms with van der Waals surface area (Å²) in [6, 6.07) is 10.2. The van der Waals surface area contributed by atoms with Crippen LogP contribution in [-0.4, -0.2) is 40.7 Å². The van der Waals surface area contributed by atoms with E-state index in [1.165, 1.54) is 30.8 Å². The Kier molecular flexibility index (Phi) is 6.23. The van der Waals surface area contributed by atoms with Gasteiger partial charge in [-0.25, -0.2) is 18.4 Å². The molecule has 5 rings (SSSR count). The van der Waals surface area contributed by atoms with Crippen molar-refractivity contribution in [3.05, 3.63) is 89.4 Å². The van der Waals surface area contributed by atoms with Crippen molar-refractivity contribution >= 4 is 27.1 Å². The van der Waals surface area contributed by atoms with E-state index in [1.54, 1.807) is 11.0 Å². The second kappa shape index (κ2) is 9.39. The monoisotopic (exact) mass is 531 g/mol. The van der Waals surface area contributed by atoms with Gasteiger partial charge in [0, 0.05) is 30.7 Å². The number of aromatic nitrogens is 3. The van der Waals surface area contributed by atoms with Crippen LogP contribution in [0.4, 0.5) is 24.5 Å². The predicted molar refractivity (Wildman–Crippen MR) is 126 cm³/mol. The number of halogens is 3. The molecular weight excluding hydrogens is 511 g/mol. The fraction of sp³-hybridized carbons (Fsp3) is 0.208. The van der Waals surface area contributed by atoms with Crippen LogP contribution >= 0.6 is 0 Å². The Balaban J connectivity index is 1.29. The first-order valence-electron chi connectivity index (χ1n) is 11.1. The Morgan fingerprint density at radius 3 is 2.65 bits per heavy atom. The Morgan fingerprint density at radius 2 is 1.95 bits per heavy atom. The van der Waals surface area contributed by atoms with E-state index >= 15 is 0 Å². The molecule has 2 N–H and O–H groups in total. The van der Waals surface area contributed by atoms with Crippen LogP contribution in [0.5, 0.6) is 0 Å². The van der Waals surface area contributed by atoms with Crippen molar-refractivity contribution in [2.24, 2.45) is 0 Å². The molecule has 13 heteroatoms. The second-order valence-corrected chi connectivity index (χ2v) is 10.3. The Bertz CT molecular complexity index is 1530. The van der Waals surface area contributed by atoms with Gasteiger partial charge in [-0.15, -0.1) is 0 Å². The highest BCUT2D eigenvalue weighted by Crippen LogP contribution is 2.32. The van der Waals surface area contributed by atoms with Gasteiger partial charge in [0.25, 0.3) is 5.91 Å². The van der Waals surface area contributed by atoms with Gasteiger partial charge in [-0.1, -0.05) is 12.1 Å². The Morgan fingerprint density at radius 1 is 1.16 bits per heavy atom. The topological polar surface area (TPSA) is 121 Å². The van der Waals surface area contributed by atoms with Gasteiger partial charge in [0.1, 0.15) is 17.7 Å². The van der Waals surface area contributed by atoms with Crippen molar-refractivity contribution in [1.29, 1.82) is 0 Å². The summed E-state index contributed by atoms with van der Waals surface area (Å²) in [5.41, 5.74) is 2.30. The third-order valence-electron chi connectivity index (χ3n) is 5.91. The molecule has 0 saturated carbocycles. The van der Waals surface area contributed by atoms with Gasteiger partial charge in [0.15, 0.2) is 0 Å². The minimum Gasteiger partial charge on any atom is -0.448 e. The first kappa shape index (κ1) is 24.6. The molecule has 0 fully saturated rings. The molecule has 0 radical (unpaired) electrons. The number of imidazole rings is 1.